The molecule has 0 bridgehead atoms. The predicted molar refractivity (Wildman–Crippen MR) is 295 cm³/mol. The van der Waals surface area contributed by atoms with Crippen LogP contribution in [0, 0.1) is 0 Å². The molecule has 0 radical (unpaired) electrons. The summed E-state index contributed by atoms with van der Waals surface area (Å²) >= 11 is 0. The van der Waals surface area contributed by atoms with E-state index in [-0.39, 0.29) is 0 Å². The number of benzene rings is 13. The van der Waals surface area contributed by atoms with Gasteiger partial charge in [-0.15, -0.1) is 0 Å². The number of hydrogen-bond donors (Lipinski definition) is 0. The normalized spacial score (nSPS) is 13.0. The molecular weight excluding hydrogens is 845 g/mol. The molecule has 0 fully saturated rings. The van der Waals surface area contributed by atoms with E-state index in [2.05, 4.69) is 249 Å². The monoisotopic (exact) mass is 886 g/mol. The highest BCUT2D eigenvalue weighted by molar-refractivity contribution is 6.23. The maximum absolute atomic E-state index is 6.25. The summed E-state index contributed by atoms with van der Waals surface area (Å²) in [7, 11) is 0. The minimum atomic E-state index is -0.568. The second-order valence-electron chi connectivity index (χ2n) is 19.0. The molecule has 0 amide bonds. The quantitative estimate of drug-likeness (QED) is 0.124. The highest BCUT2D eigenvalue weighted by atomic mass is 16.3. The van der Waals surface area contributed by atoms with E-state index in [4.69, 9.17) is 4.42 Å². The Hall–Kier alpha value is -9.04. The molecule has 15 rings (SSSR count). The van der Waals surface area contributed by atoms with Crippen LogP contribution in [0.25, 0.3) is 120 Å². The first-order valence-corrected chi connectivity index (χ1v) is 24.3. The van der Waals surface area contributed by atoms with Crippen LogP contribution in [0.15, 0.2) is 259 Å². The van der Waals surface area contributed by atoms with E-state index in [0.717, 1.165) is 21.9 Å². The Morgan fingerprint density at radius 3 is 1.33 bits per heavy atom. The summed E-state index contributed by atoms with van der Waals surface area (Å²) < 4.78 is 6.25. The first-order chi connectivity index (χ1) is 34.7. The van der Waals surface area contributed by atoms with Crippen LogP contribution in [0.4, 0.5) is 0 Å². The van der Waals surface area contributed by atoms with Crippen LogP contribution in [0.2, 0.25) is 0 Å². The first-order valence-electron chi connectivity index (χ1n) is 24.3. The summed E-state index contributed by atoms with van der Waals surface area (Å²) in [6, 6.07) is 94.5. The molecule has 14 aromatic rings. The lowest BCUT2D eigenvalue weighted by molar-refractivity contribution is 0.669. The standard InChI is InChI=1S/C69H42O/c1-3-17-48(18-4-1)69(49-19-5-2-6-20-49)67-50-38-35-45(41-46(50)36-39-60(67)66-54-24-9-7-21-51(54)52-22-8-14-29-59(52)68(66)69)43-31-33-44(34-32-43)64-55-25-10-12-27-57(55)65(58-28-13-11-26-56(58)64)47-37-40-63-61(42-47)53-23-15-16-30-62(53)70-63/h1-42H. The molecule has 1 heteroatoms. The van der Waals surface area contributed by atoms with Crippen molar-refractivity contribution in [3.8, 4) is 44.5 Å². The molecule has 324 valence electrons. The van der Waals surface area contributed by atoms with Gasteiger partial charge in [-0.25, -0.2) is 0 Å². The third kappa shape index (κ3) is 5.43. The predicted octanol–water partition coefficient (Wildman–Crippen LogP) is 18.7. The Morgan fingerprint density at radius 2 is 0.700 bits per heavy atom. The molecule has 13 aromatic carbocycles. The van der Waals surface area contributed by atoms with Gasteiger partial charge in [0.25, 0.3) is 0 Å². The van der Waals surface area contributed by atoms with E-state index in [0.29, 0.717) is 0 Å². The summed E-state index contributed by atoms with van der Waals surface area (Å²) in [5.41, 5.74) is 16.4. The van der Waals surface area contributed by atoms with Gasteiger partial charge >= 0.3 is 0 Å². The molecule has 0 saturated carbocycles. The van der Waals surface area contributed by atoms with Gasteiger partial charge in [0.05, 0.1) is 5.41 Å². The summed E-state index contributed by atoms with van der Waals surface area (Å²) in [4.78, 5) is 0. The topological polar surface area (TPSA) is 13.1 Å². The lowest BCUT2D eigenvalue weighted by atomic mass is 9.65. The zero-order valence-electron chi connectivity index (χ0n) is 38.2. The number of rotatable bonds is 5. The Labute approximate surface area is 405 Å². The number of hydrogen-bond acceptors (Lipinski definition) is 1. The van der Waals surface area contributed by atoms with Crippen molar-refractivity contribution in [2.75, 3.05) is 0 Å². The highest BCUT2D eigenvalue weighted by Crippen LogP contribution is 2.62. The van der Waals surface area contributed by atoms with Crippen LogP contribution >= 0.6 is 0 Å². The molecule has 0 N–H and O–H groups in total. The van der Waals surface area contributed by atoms with E-state index >= 15 is 0 Å². The average molecular weight is 887 g/mol. The van der Waals surface area contributed by atoms with E-state index in [1.165, 1.54) is 121 Å². The maximum atomic E-state index is 6.25. The van der Waals surface area contributed by atoms with Gasteiger partial charge in [0.2, 0.25) is 0 Å². The molecule has 1 nitrogen and oxygen atoms in total. The summed E-state index contributed by atoms with van der Waals surface area (Å²) in [6.45, 7) is 0. The van der Waals surface area contributed by atoms with Crippen LogP contribution in [-0.2, 0) is 5.41 Å². The van der Waals surface area contributed by atoms with Gasteiger partial charge in [0.1, 0.15) is 11.2 Å². The lowest BCUT2D eigenvalue weighted by Gasteiger charge is -2.35. The van der Waals surface area contributed by atoms with Gasteiger partial charge in [-0.05, 0) is 145 Å². The number of fused-ring (bicyclic) bond motifs is 15. The number of furan rings is 1. The van der Waals surface area contributed by atoms with Crippen LogP contribution in [0.1, 0.15) is 22.3 Å². The van der Waals surface area contributed by atoms with Crippen LogP contribution in [0.3, 0.4) is 0 Å². The van der Waals surface area contributed by atoms with E-state index in [1.807, 2.05) is 6.07 Å². The van der Waals surface area contributed by atoms with Crippen molar-refractivity contribution in [2.45, 2.75) is 5.41 Å². The van der Waals surface area contributed by atoms with Crippen LogP contribution < -0.4 is 0 Å². The Kier molecular flexibility index (Phi) is 8.35. The minimum absolute atomic E-state index is 0.568. The molecule has 1 aliphatic carbocycles. The minimum Gasteiger partial charge on any atom is -0.456 e. The average Bonchev–Trinajstić information content (AvgIpc) is 3.97. The van der Waals surface area contributed by atoms with Gasteiger partial charge in [-0.2, -0.15) is 0 Å². The van der Waals surface area contributed by atoms with E-state index in [1.54, 1.807) is 0 Å². The second kappa shape index (κ2) is 15.0. The smallest absolute Gasteiger partial charge is 0.135 e. The highest BCUT2D eigenvalue weighted by Gasteiger charge is 2.49. The molecule has 0 unspecified atom stereocenters. The molecule has 1 aliphatic rings. The van der Waals surface area contributed by atoms with Crippen LogP contribution in [-0.4, -0.2) is 0 Å². The zero-order valence-corrected chi connectivity index (χ0v) is 38.2. The Balaban J connectivity index is 0.904. The molecule has 0 saturated heterocycles. The van der Waals surface area contributed by atoms with E-state index < -0.39 is 5.41 Å². The van der Waals surface area contributed by atoms with Gasteiger partial charge in [0.15, 0.2) is 0 Å². The van der Waals surface area contributed by atoms with Crippen molar-refractivity contribution in [3.05, 3.63) is 277 Å². The summed E-state index contributed by atoms with van der Waals surface area (Å²) in [5.74, 6) is 0. The third-order valence-corrected chi connectivity index (χ3v) is 15.5. The van der Waals surface area contributed by atoms with Gasteiger partial charge in [-0.3, -0.25) is 0 Å². The van der Waals surface area contributed by atoms with Crippen molar-refractivity contribution in [2.24, 2.45) is 0 Å². The molecule has 0 spiro atoms. The molecular formula is C69H42O. The van der Waals surface area contributed by atoms with Crippen molar-refractivity contribution >= 4 is 75.8 Å². The second-order valence-corrected chi connectivity index (χ2v) is 19.0. The van der Waals surface area contributed by atoms with Crippen LogP contribution in [0.5, 0.6) is 0 Å². The molecule has 1 aromatic heterocycles. The van der Waals surface area contributed by atoms with Gasteiger partial charge in [0, 0.05) is 10.8 Å². The molecule has 0 atom stereocenters. The largest absolute Gasteiger partial charge is 0.456 e. The molecule has 1 heterocycles. The summed E-state index contributed by atoms with van der Waals surface area (Å²) in [5, 5.41) is 14.9. The molecule has 0 aliphatic heterocycles. The fourth-order valence-electron chi connectivity index (χ4n) is 12.6. The molecule has 70 heavy (non-hydrogen) atoms. The fraction of sp³-hybridized carbons (Fsp3) is 0.0145. The lowest BCUT2D eigenvalue weighted by Crippen LogP contribution is -2.29. The van der Waals surface area contributed by atoms with Crippen molar-refractivity contribution < 1.29 is 4.42 Å². The summed E-state index contributed by atoms with van der Waals surface area (Å²) in [6.07, 6.45) is 0. The third-order valence-electron chi connectivity index (χ3n) is 15.5. The maximum Gasteiger partial charge on any atom is 0.135 e. The van der Waals surface area contributed by atoms with Crippen molar-refractivity contribution in [1.82, 2.24) is 0 Å². The van der Waals surface area contributed by atoms with Crippen molar-refractivity contribution in [3.63, 3.8) is 0 Å². The fourth-order valence-corrected chi connectivity index (χ4v) is 12.6. The van der Waals surface area contributed by atoms with Gasteiger partial charge in [-0.1, -0.05) is 231 Å². The Morgan fingerprint density at radius 1 is 0.243 bits per heavy atom. The van der Waals surface area contributed by atoms with Gasteiger partial charge < -0.3 is 4.42 Å². The first kappa shape index (κ1) is 39.0. The van der Waals surface area contributed by atoms with E-state index in [9.17, 15) is 0 Å². The Bertz CT molecular complexity index is 4350. The SMILES string of the molecule is c1ccc(C2(c3ccccc3)c3c(ccc4cc(-c5ccc(-c6c7ccccc7c(-c7ccc8oc9ccccc9c8c7)c7ccccc67)cc5)ccc34)-c3c2c2ccccc2c2ccccc32)cc1. The number of para-hydroxylation sites is 1. The van der Waals surface area contributed by atoms with Crippen molar-refractivity contribution in [1.29, 1.82) is 0 Å². The zero-order chi connectivity index (χ0) is 45.9.